The van der Waals surface area contributed by atoms with E-state index in [2.05, 4.69) is 63.7 Å². The van der Waals surface area contributed by atoms with Gasteiger partial charge in [-0.2, -0.15) is 9.97 Å². The molecule has 0 atom stereocenters. The summed E-state index contributed by atoms with van der Waals surface area (Å²) in [6, 6.07) is 28.6. The Bertz CT molecular complexity index is 2940. The number of ether oxygens (including phenoxy) is 4. The van der Waals surface area contributed by atoms with Crippen molar-refractivity contribution in [3.8, 4) is 11.5 Å². The number of aromatic nitrogens is 4. The molecule has 8 N–H and O–H groups in total. The second-order valence-corrected chi connectivity index (χ2v) is 20.0. The number of Topliss-reactive ketones (excluding diaryl/α,β-unsaturated/α-hetero) is 2. The van der Waals surface area contributed by atoms with Gasteiger partial charge in [-0.05, 0) is 128 Å². The third-order valence-corrected chi connectivity index (χ3v) is 10.9. The summed E-state index contributed by atoms with van der Waals surface area (Å²) >= 11 is 0. The highest BCUT2D eigenvalue weighted by Gasteiger charge is 2.18. The Morgan fingerprint density at radius 1 is 0.646 bits per heavy atom. The van der Waals surface area contributed by atoms with Gasteiger partial charge in [0.05, 0.1) is 13.2 Å². The van der Waals surface area contributed by atoms with Gasteiger partial charge in [-0.1, -0.05) is 49.1 Å². The van der Waals surface area contributed by atoms with E-state index in [9.17, 15) is 24.3 Å². The molecule has 1 aliphatic heterocycles. The fourth-order valence-corrected chi connectivity index (χ4v) is 7.09. The molecule has 0 bridgehead atoms. The third kappa shape index (κ3) is 23.7. The number of aryl methyl sites for hydroxylation is 2. The Morgan fingerprint density at radius 3 is 1.57 bits per heavy atom. The molecule has 2 aromatic heterocycles. The van der Waals surface area contributed by atoms with E-state index in [1.807, 2.05) is 50.2 Å². The minimum atomic E-state index is -0.559. The maximum absolute atomic E-state index is 12.7. The van der Waals surface area contributed by atoms with Crippen molar-refractivity contribution >= 4 is 70.0 Å². The number of rotatable bonds is 21. The average molecular weight is 1080 g/mol. The predicted molar refractivity (Wildman–Crippen MR) is 309 cm³/mol. The molecule has 1 aliphatic rings. The monoisotopic (exact) mass is 1080 g/mol. The Hall–Kier alpha value is -8.62. The second kappa shape index (κ2) is 31.0. The quantitative estimate of drug-likeness (QED) is 0.0189. The first-order valence-corrected chi connectivity index (χ1v) is 26.1. The van der Waals surface area contributed by atoms with Crippen LogP contribution in [0.5, 0.6) is 11.5 Å². The number of ketones is 2. The van der Waals surface area contributed by atoms with E-state index >= 15 is 0 Å². The third-order valence-electron chi connectivity index (χ3n) is 10.9. The van der Waals surface area contributed by atoms with Crippen molar-refractivity contribution in [2.24, 2.45) is 0 Å². The van der Waals surface area contributed by atoms with Gasteiger partial charge in [0, 0.05) is 97.4 Å². The van der Waals surface area contributed by atoms with E-state index in [0.717, 1.165) is 54.6 Å². The maximum Gasteiger partial charge on any atom is 0.407 e. The van der Waals surface area contributed by atoms with Gasteiger partial charge >= 0.3 is 12.2 Å². The van der Waals surface area contributed by atoms with Crippen molar-refractivity contribution in [3.63, 3.8) is 0 Å². The molecule has 420 valence electrons. The minimum absolute atomic E-state index is 0.0231. The molecule has 1 fully saturated rings. The number of carbonyl (C=O) groups excluding carboxylic acids is 4. The minimum Gasteiger partial charge on any atom is -0.508 e. The number of nitrogens with one attached hydrogen (secondary N) is 7. The molecule has 3 heterocycles. The SMILES string of the molecule is C1COCCN1.C=CCOc1ccc(C)c(Nc2ccnc(Nc3cccc(C(=O)CCCNC(=O)OC(C)(C)C)c3)n2)c1.Cc1ccc(O)cc1Nc1ccnc(Nc2cccc(C(=O)CCCNC(=O)OC(C)(C)C)c2)n1. The molecule has 2 amide bonds. The van der Waals surface area contributed by atoms with Crippen LogP contribution in [0.15, 0.2) is 122 Å². The summed E-state index contributed by atoms with van der Waals surface area (Å²) in [5, 5.41) is 31.0. The molecule has 0 aliphatic carbocycles. The average Bonchev–Trinajstić information content (AvgIpc) is 3.42. The summed E-state index contributed by atoms with van der Waals surface area (Å²) in [5.74, 6) is 2.74. The molecule has 0 saturated carbocycles. The van der Waals surface area contributed by atoms with Gasteiger partial charge in [-0.15, -0.1) is 0 Å². The van der Waals surface area contributed by atoms with Crippen LogP contribution in [0.4, 0.5) is 55.9 Å². The summed E-state index contributed by atoms with van der Waals surface area (Å²) in [4.78, 5) is 66.3. The van der Waals surface area contributed by atoms with Crippen LogP contribution in [-0.2, 0) is 14.2 Å². The van der Waals surface area contributed by atoms with Crippen LogP contribution >= 0.6 is 0 Å². The number of aromatic hydroxyl groups is 1. The van der Waals surface area contributed by atoms with Crippen LogP contribution in [0, 0.1) is 13.8 Å². The molecule has 79 heavy (non-hydrogen) atoms. The lowest BCUT2D eigenvalue weighted by atomic mass is 10.1. The van der Waals surface area contributed by atoms with Crippen LogP contribution in [0.2, 0.25) is 0 Å². The standard InChI is InChI=1S/C29H35N5O4.C26H31N5O4.C4H9NO/c1-6-17-37-23-13-12-20(2)24(19-23)33-26-14-16-30-27(34-26)32-22-10-7-9-21(18-22)25(35)11-8-15-31-28(36)38-29(3,4)5;1-17-10-11-20(32)16-21(17)30-23-12-14-27-24(31-23)29-19-8-5-7-18(15-19)22(33)9-6-13-28-25(34)35-26(2,3)4;1-3-6-4-2-5-1/h6-7,9-10,12-14,16,18-19H,1,8,11,15,17H2,2-5H3,(H,31,36)(H2,30,32,33,34);5,7-8,10-12,14-16,32H,6,9,13H2,1-4H3,(H,28,34)(H2,27,29,30,31);5H,1-4H2. The Labute approximate surface area is 463 Å². The molecule has 0 radical (unpaired) electrons. The van der Waals surface area contributed by atoms with Crippen LogP contribution < -0.4 is 42.0 Å². The highest BCUT2D eigenvalue weighted by Crippen LogP contribution is 2.27. The first-order valence-electron chi connectivity index (χ1n) is 26.1. The second-order valence-electron chi connectivity index (χ2n) is 20.0. The molecule has 20 nitrogen and oxygen atoms in total. The van der Waals surface area contributed by atoms with E-state index in [4.69, 9.17) is 18.9 Å². The molecule has 20 heteroatoms. The number of morpholine rings is 1. The number of amides is 2. The molecule has 1 saturated heterocycles. The lowest BCUT2D eigenvalue weighted by Crippen LogP contribution is -2.33. The zero-order valence-electron chi connectivity index (χ0n) is 46.5. The lowest BCUT2D eigenvalue weighted by Gasteiger charge is -2.19. The van der Waals surface area contributed by atoms with Crippen LogP contribution in [0.1, 0.15) is 99.1 Å². The number of hydrogen-bond acceptors (Lipinski definition) is 18. The van der Waals surface area contributed by atoms with E-state index in [1.165, 1.54) is 0 Å². The van der Waals surface area contributed by atoms with E-state index in [0.29, 0.717) is 91.4 Å². The summed E-state index contributed by atoms with van der Waals surface area (Å²) < 4.78 is 21.0. The number of nitrogens with zero attached hydrogens (tertiary/aromatic N) is 4. The van der Waals surface area contributed by atoms with Gasteiger partial charge < -0.3 is 61.3 Å². The van der Waals surface area contributed by atoms with Crippen LogP contribution in [0.25, 0.3) is 0 Å². The topological polar surface area (TPSA) is 261 Å². The first-order chi connectivity index (χ1) is 37.7. The number of phenols is 1. The highest BCUT2D eigenvalue weighted by molar-refractivity contribution is 5.97. The number of phenolic OH excluding ortho intramolecular Hbond substituents is 1. The number of alkyl carbamates (subject to hydrolysis) is 2. The normalized spacial score (nSPS) is 11.9. The molecular weight excluding hydrogens is 1010 g/mol. The predicted octanol–water partition coefficient (Wildman–Crippen LogP) is 11.4. The van der Waals surface area contributed by atoms with E-state index in [-0.39, 0.29) is 17.3 Å². The smallest absolute Gasteiger partial charge is 0.407 e. The van der Waals surface area contributed by atoms with Crippen LogP contribution in [0.3, 0.4) is 0 Å². The zero-order chi connectivity index (χ0) is 57.2. The number of anilines is 8. The molecule has 7 rings (SSSR count). The largest absolute Gasteiger partial charge is 0.508 e. The van der Waals surface area contributed by atoms with Gasteiger partial charge in [-0.25, -0.2) is 19.6 Å². The van der Waals surface area contributed by atoms with Crippen molar-refractivity contribution in [1.82, 2.24) is 35.9 Å². The summed E-state index contributed by atoms with van der Waals surface area (Å²) in [6.45, 7) is 23.4. The summed E-state index contributed by atoms with van der Waals surface area (Å²) in [7, 11) is 0. The highest BCUT2D eigenvalue weighted by atomic mass is 16.6. The molecule has 6 aromatic rings. The lowest BCUT2D eigenvalue weighted by molar-refractivity contribution is 0.0515. The van der Waals surface area contributed by atoms with Crippen molar-refractivity contribution in [2.45, 2.75) is 92.3 Å². The van der Waals surface area contributed by atoms with Crippen molar-refractivity contribution in [3.05, 3.63) is 144 Å². The molecule has 4 aromatic carbocycles. The molecule has 0 spiro atoms. The Balaban J connectivity index is 0.000000263. The number of hydrogen-bond donors (Lipinski definition) is 8. The molecule has 0 unspecified atom stereocenters. The number of benzene rings is 4. The van der Waals surface area contributed by atoms with Gasteiger partial charge in [0.25, 0.3) is 0 Å². The van der Waals surface area contributed by atoms with Crippen molar-refractivity contribution in [1.29, 1.82) is 0 Å². The fourth-order valence-electron chi connectivity index (χ4n) is 7.09. The van der Waals surface area contributed by atoms with Gasteiger partial charge in [0.1, 0.15) is 40.9 Å². The van der Waals surface area contributed by atoms with Crippen molar-refractivity contribution in [2.75, 3.05) is 67.3 Å². The van der Waals surface area contributed by atoms with Crippen LogP contribution in [-0.4, -0.2) is 106 Å². The van der Waals surface area contributed by atoms with Gasteiger partial charge in [0.2, 0.25) is 11.9 Å². The van der Waals surface area contributed by atoms with Gasteiger partial charge in [0.15, 0.2) is 11.6 Å². The van der Waals surface area contributed by atoms with E-state index < -0.39 is 23.4 Å². The fraction of sp³-hybridized carbons (Fsp3) is 0.356. The summed E-state index contributed by atoms with van der Waals surface area (Å²) in [5.41, 5.74) is 4.97. The Kier molecular flexibility index (Phi) is 24.0. The van der Waals surface area contributed by atoms with Gasteiger partial charge in [-0.3, -0.25) is 9.59 Å². The summed E-state index contributed by atoms with van der Waals surface area (Å²) in [6.07, 6.45) is 5.57. The molecular formula is C59H75N11O9. The Morgan fingerprint density at radius 2 is 1.13 bits per heavy atom. The van der Waals surface area contributed by atoms with Crippen molar-refractivity contribution < 1.29 is 43.2 Å². The first kappa shape index (κ1) is 61.2. The maximum atomic E-state index is 12.7. The van der Waals surface area contributed by atoms with E-state index in [1.54, 1.807) is 121 Å². The number of carbonyl (C=O) groups is 4. The zero-order valence-corrected chi connectivity index (χ0v) is 46.5.